The van der Waals surface area contributed by atoms with Crippen molar-refractivity contribution in [1.82, 2.24) is 10.2 Å². The highest BCUT2D eigenvalue weighted by Gasteiger charge is 2.31. The van der Waals surface area contributed by atoms with E-state index in [0.29, 0.717) is 25.6 Å². The molecule has 136 valence electrons. The number of aryl methyl sites for hydroxylation is 1. The van der Waals surface area contributed by atoms with Crippen LogP contribution < -0.4 is 16.4 Å². The number of benzene rings is 1. The van der Waals surface area contributed by atoms with E-state index in [4.69, 9.17) is 5.73 Å². The Balaban J connectivity index is 1.49. The van der Waals surface area contributed by atoms with Gasteiger partial charge in [-0.15, -0.1) is 0 Å². The normalized spacial score (nSPS) is 21.5. The van der Waals surface area contributed by atoms with Gasteiger partial charge in [0.15, 0.2) is 0 Å². The predicted molar refractivity (Wildman–Crippen MR) is 98.2 cm³/mol. The third-order valence-electron chi connectivity index (χ3n) is 5.09. The molecule has 0 radical (unpaired) electrons. The Bertz CT molecular complexity index is 630. The zero-order valence-electron chi connectivity index (χ0n) is 14.8. The van der Waals surface area contributed by atoms with Gasteiger partial charge in [0.05, 0.1) is 5.92 Å². The van der Waals surface area contributed by atoms with Gasteiger partial charge in [-0.05, 0) is 56.2 Å². The molecule has 1 aliphatic heterocycles. The molecule has 4 N–H and O–H groups in total. The van der Waals surface area contributed by atoms with Crippen LogP contribution in [0.5, 0.6) is 0 Å². The Kier molecular flexibility index (Phi) is 5.58. The number of hydrogen-bond acceptors (Lipinski definition) is 3. The number of nitrogens with one attached hydrogen (secondary N) is 2. The molecule has 2 atom stereocenters. The number of nitrogens with two attached hydrogens (primary N) is 1. The van der Waals surface area contributed by atoms with Crippen molar-refractivity contribution in [3.8, 4) is 0 Å². The minimum Gasteiger partial charge on any atom is -0.354 e. The summed E-state index contributed by atoms with van der Waals surface area (Å²) >= 11 is 0. The first kappa shape index (κ1) is 17.7. The Labute approximate surface area is 149 Å². The van der Waals surface area contributed by atoms with Gasteiger partial charge in [-0.25, -0.2) is 4.79 Å². The molecule has 2 fully saturated rings. The van der Waals surface area contributed by atoms with Crippen molar-refractivity contribution in [3.05, 3.63) is 29.8 Å². The molecule has 1 saturated heterocycles. The topological polar surface area (TPSA) is 87.5 Å². The van der Waals surface area contributed by atoms with Crippen LogP contribution in [0.4, 0.5) is 10.5 Å². The van der Waals surface area contributed by atoms with Gasteiger partial charge < -0.3 is 21.3 Å². The van der Waals surface area contributed by atoms with Crippen molar-refractivity contribution >= 4 is 17.6 Å². The summed E-state index contributed by atoms with van der Waals surface area (Å²) in [5, 5.41) is 5.89. The minimum absolute atomic E-state index is 0.0177. The number of anilines is 1. The molecule has 6 heteroatoms. The fraction of sp³-hybridized carbons (Fsp3) is 0.579. The second-order valence-corrected chi connectivity index (χ2v) is 7.33. The Morgan fingerprint density at radius 2 is 2.12 bits per heavy atom. The quantitative estimate of drug-likeness (QED) is 0.764. The first-order valence-electron chi connectivity index (χ1n) is 9.19. The van der Waals surface area contributed by atoms with Gasteiger partial charge in [0.25, 0.3) is 0 Å². The second kappa shape index (κ2) is 7.87. The molecule has 1 heterocycles. The summed E-state index contributed by atoms with van der Waals surface area (Å²) in [6, 6.07) is 7.64. The van der Waals surface area contributed by atoms with Crippen LogP contribution in [0.3, 0.4) is 0 Å². The SMILES string of the molecule is Cc1cccc(NC(=O)N2CCCC(C(=O)NCC(N)C3CC3)C2)c1. The molecule has 2 unspecified atom stereocenters. The van der Waals surface area contributed by atoms with Gasteiger partial charge in [0, 0.05) is 31.4 Å². The first-order chi connectivity index (χ1) is 12.0. The van der Waals surface area contributed by atoms with Crippen molar-refractivity contribution in [3.63, 3.8) is 0 Å². The monoisotopic (exact) mass is 344 g/mol. The molecular formula is C19H28N4O2. The lowest BCUT2D eigenvalue weighted by Gasteiger charge is -2.32. The zero-order valence-corrected chi connectivity index (χ0v) is 14.8. The van der Waals surface area contributed by atoms with E-state index >= 15 is 0 Å². The molecule has 1 aromatic rings. The molecule has 0 spiro atoms. The summed E-state index contributed by atoms with van der Waals surface area (Å²) in [5.41, 5.74) is 7.92. The van der Waals surface area contributed by atoms with Crippen molar-refractivity contribution < 1.29 is 9.59 Å². The maximum absolute atomic E-state index is 12.5. The number of carbonyl (C=O) groups is 2. The van der Waals surface area contributed by atoms with Crippen LogP contribution in [0, 0.1) is 18.8 Å². The van der Waals surface area contributed by atoms with Crippen molar-refractivity contribution in [2.45, 2.75) is 38.6 Å². The molecule has 1 aliphatic carbocycles. The third kappa shape index (κ3) is 4.95. The predicted octanol–water partition coefficient (Wildman–Crippen LogP) is 2.09. The molecule has 3 rings (SSSR count). The van der Waals surface area contributed by atoms with Gasteiger partial charge in [-0.2, -0.15) is 0 Å². The largest absolute Gasteiger partial charge is 0.354 e. The van der Waals surface area contributed by atoms with Gasteiger partial charge in [-0.3, -0.25) is 4.79 Å². The fourth-order valence-electron chi connectivity index (χ4n) is 3.35. The number of amides is 3. The molecule has 1 saturated carbocycles. The Hall–Kier alpha value is -2.08. The van der Waals surface area contributed by atoms with E-state index in [-0.39, 0.29) is 23.9 Å². The standard InChI is InChI=1S/C19H28N4O2/c1-13-4-2-6-16(10-13)22-19(25)23-9-3-5-15(12-23)18(24)21-11-17(20)14-7-8-14/h2,4,6,10,14-15,17H,3,5,7-9,11-12,20H2,1H3,(H,21,24)(H,22,25). The average Bonchev–Trinajstić information content (AvgIpc) is 3.44. The molecule has 25 heavy (non-hydrogen) atoms. The first-order valence-corrected chi connectivity index (χ1v) is 9.19. The van der Waals surface area contributed by atoms with Crippen LogP contribution in [-0.2, 0) is 4.79 Å². The second-order valence-electron chi connectivity index (χ2n) is 7.33. The molecule has 0 aromatic heterocycles. The fourth-order valence-corrected chi connectivity index (χ4v) is 3.35. The molecule has 6 nitrogen and oxygen atoms in total. The highest BCUT2D eigenvalue weighted by molar-refractivity contribution is 5.90. The number of nitrogens with zero attached hydrogens (tertiary/aromatic N) is 1. The van der Waals surface area contributed by atoms with E-state index in [1.165, 1.54) is 12.8 Å². The number of likely N-dealkylation sites (tertiary alicyclic amines) is 1. The van der Waals surface area contributed by atoms with E-state index in [9.17, 15) is 9.59 Å². The lowest BCUT2D eigenvalue weighted by Crippen LogP contribution is -2.48. The summed E-state index contributed by atoms with van der Waals surface area (Å²) in [6.07, 6.45) is 4.01. The Morgan fingerprint density at radius 1 is 1.32 bits per heavy atom. The van der Waals surface area contributed by atoms with E-state index < -0.39 is 0 Å². The summed E-state index contributed by atoms with van der Waals surface area (Å²) in [6.45, 7) is 3.67. The smallest absolute Gasteiger partial charge is 0.321 e. The Morgan fingerprint density at radius 3 is 2.84 bits per heavy atom. The van der Waals surface area contributed by atoms with Crippen LogP contribution in [0.25, 0.3) is 0 Å². The maximum Gasteiger partial charge on any atom is 0.321 e. The van der Waals surface area contributed by atoms with Crippen LogP contribution in [-0.4, -0.2) is 42.5 Å². The maximum atomic E-state index is 12.5. The number of carbonyl (C=O) groups excluding carboxylic acids is 2. The minimum atomic E-state index is -0.150. The summed E-state index contributed by atoms with van der Waals surface area (Å²) in [4.78, 5) is 26.6. The molecule has 1 aromatic carbocycles. The average molecular weight is 344 g/mol. The van der Waals surface area contributed by atoms with E-state index in [1.54, 1.807) is 4.90 Å². The highest BCUT2D eigenvalue weighted by atomic mass is 16.2. The molecule has 0 bridgehead atoms. The lowest BCUT2D eigenvalue weighted by molar-refractivity contribution is -0.126. The summed E-state index contributed by atoms with van der Waals surface area (Å²) in [7, 11) is 0. The van der Waals surface area contributed by atoms with Crippen LogP contribution in [0.15, 0.2) is 24.3 Å². The van der Waals surface area contributed by atoms with Gasteiger partial charge in [-0.1, -0.05) is 12.1 Å². The molecular weight excluding hydrogens is 316 g/mol. The van der Waals surface area contributed by atoms with Crippen LogP contribution >= 0.6 is 0 Å². The number of piperidine rings is 1. The van der Waals surface area contributed by atoms with Crippen molar-refractivity contribution in [2.75, 3.05) is 25.0 Å². The van der Waals surface area contributed by atoms with Gasteiger partial charge in [0.2, 0.25) is 5.91 Å². The van der Waals surface area contributed by atoms with Gasteiger partial charge >= 0.3 is 6.03 Å². The molecule has 2 aliphatic rings. The number of hydrogen-bond donors (Lipinski definition) is 3. The summed E-state index contributed by atoms with van der Waals surface area (Å²) in [5.74, 6) is 0.441. The third-order valence-corrected chi connectivity index (χ3v) is 5.09. The van der Waals surface area contributed by atoms with Crippen LogP contribution in [0.2, 0.25) is 0 Å². The lowest BCUT2D eigenvalue weighted by atomic mass is 9.97. The summed E-state index contributed by atoms with van der Waals surface area (Å²) < 4.78 is 0. The van der Waals surface area contributed by atoms with E-state index in [2.05, 4.69) is 10.6 Å². The van der Waals surface area contributed by atoms with E-state index in [1.807, 2.05) is 31.2 Å². The highest BCUT2D eigenvalue weighted by Crippen LogP contribution is 2.31. The molecule has 3 amide bonds. The number of rotatable bonds is 5. The number of urea groups is 1. The zero-order chi connectivity index (χ0) is 17.8. The van der Waals surface area contributed by atoms with Crippen molar-refractivity contribution in [2.24, 2.45) is 17.6 Å². The van der Waals surface area contributed by atoms with Gasteiger partial charge in [0.1, 0.15) is 0 Å². The van der Waals surface area contributed by atoms with Crippen molar-refractivity contribution in [1.29, 1.82) is 0 Å². The van der Waals surface area contributed by atoms with Crippen LogP contribution in [0.1, 0.15) is 31.2 Å². The van der Waals surface area contributed by atoms with E-state index in [0.717, 1.165) is 24.1 Å².